The first-order chi connectivity index (χ1) is 12.5. The third-order valence-electron chi connectivity index (χ3n) is 4.11. The molecular weight excluding hydrogens is 385 g/mol. The molecule has 5 heteroatoms. The Morgan fingerprint density at radius 3 is 2.38 bits per heavy atom. The molecule has 1 amide bonds. The van der Waals surface area contributed by atoms with E-state index < -0.39 is 0 Å². The van der Waals surface area contributed by atoms with Gasteiger partial charge in [0.2, 0.25) is 5.91 Å². The molecule has 0 spiro atoms. The van der Waals surface area contributed by atoms with Crippen LogP contribution in [0, 0.1) is 0 Å². The number of amides is 1. The lowest BCUT2D eigenvalue weighted by atomic mass is 10.0. The minimum Gasteiger partial charge on any atom is -0.355 e. The molecule has 0 aliphatic rings. The molecule has 0 bridgehead atoms. The van der Waals surface area contributed by atoms with Gasteiger partial charge >= 0.3 is 0 Å². The predicted molar refractivity (Wildman–Crippen MR) is 114 cm³/mol. The number of nitrogens with one attached hydrogen (secondary N) is 1. The zero-order valence-corrected chi connectivity index (χ0v) is 17.6. The van der Waals surface area contributed by atoms with Crippen molar-refractivity contribution in [3.05, 3.63) is 69.2 Å². The van der Waals surface area contributed by atoms with E-state index in [0.717, 1.165) is 23.5 Å². The lowest BCUT2D eigenvalue weighted by Crippen LogP contribution is -2.25. The van der Waals surface area contributed by atoms with Gasteiger partial charge in [-0.15, -0.1) is 0 Å². The van der Waals surface area contributed by atoms with Crippen LogP contribution in [0.15, 0.2) is 42.5 Å². The summed E-state index contributed by atoms with van der Waals surface area (Å²) in [6, 6.07) is 14.2. The van der Waals surface area contributed by atoms with Gasteiger partial charge in [-0.3, -0.25) is 4.79 Å². The summed E-state index contributed by atoms with van der Waals surface area (Å²) in [5.41, 5.74) is 3.68. The van der Waals surface area contributed by atoms with Gasteiger partial charge in [0.15, 0.2) is 0 Å². The molecule has 0 fully saturated rings. The molecule has 0 saturated heterocycles. The number of thioether (sulfide) groups is 1. The molecule has 0 saturated carbocycles. The fourth-order valence-corrected chi connectivity index (χ4v) is 3.62. The highest BCUT2D eigenvalue weighted by atomic mass is 35.5. The predicted octanol–water partition coefficient (Wildman–Crippen LogP) is 6.10. The molecule has 0 radical (unpaired) electrons. The maximum atomic E-state index is 12.0. The highest BCUT2D eigenvalue weighted by molar-refractivity contribution is 7.98. The highest BCUT2D eigenvalue weighted by Crippen LogP contribution is 2.24. The molecule has 26 heavy (non-hydrogen) atoms. The van der Waals surface area contributed by atoms with E-state index in [9.17, 15) is 4.79 Å². The Kier molecular flexibility index (Phi) is 8.83. The Morgan fingerprint density at radius 2 is 1.73 bits per heavy atom. The van der Waals surface area contributed by atoms with Gasteiger partial charge in [0.05, 0.1) is 10.0 Å². The van der Waals surface area contributed by atoms with Crippen molar-refractivity contribution in [2.45, 2.75) is 38.4 Å². The standard InChI is InChI=1S/C21H25Cl2NOS/c1-15(2)18-7-3-16(4-8-18)6-10-21(25)24-11-12-26-14-17-5-9-19(22)20(23)13-17/h3-5,7-9,13,15H,6,10-12,14H2,1-2H3,(H,24,25). The van der Waals surface area contributed by atoms with Crippen LogP contribution in [-0.2, 0) is 17.0 Å². The van der Waals surface area contributed by atoms with Crippen molar-refractivity contribution >= 4 is 40.9 Å². The van der Waals surface area contributed by atoms with Crippen LogP contribution < -0.4 is 5.32 Å². The molecule has 2 nitrogen and oxygen atoms in total. The van der Waals surface area contributed by atoms with Crippen molar-refractivity contribution in [1.82, 2.24) is 5.32 Å². The van der Waals surface area contributed by atoms with Gasteiger partial charge in [-0.1, -0.05) is 67.4 Å². The van der Waals surface area contributed by atoms with E-state index in [1.54, 1.807) is 11.8 Å². The van der Waals surface area contributed by atoms with Gasteiger partial charge in [-0.05, 0) is 41.2 Å². The maximum absolute atomic E-state index is 12.0. The first kappa shape index (κ1) is 21.1. The van der Waals surface area contributed by atoms with Crippen LogP contribution in [0.5, 0.6) is 0 Å². The van der Waals surface area contributed by atoms with Crippen molar-refractivity contribution in [2.75, 3.05) is 12.3 Å². The summed E-state index contributed by atoms with van der Waals surface area (Å²) in [7, 11) is 0. The number of hydrogen-bond donors (Lipinski definition) is 1. The number of carbonyl (C=O) groups excluding carboxylic acids is 1. The van der Waals surface area contributed by atoms with E-state index in [1.165, 1.54) is 11.1 Å². The number of rotatable bonds is 9. The fraction of sp³-hybridized carbons (Fsp3) is 0.381. The van der Waals surface area contributed by atoms with E-state index in [2.05, 4.69) is 43.4 Å². The second-order valence-electron chi connectivity index (χ2n) is 6.55. The van der Waals surface area contributed by atoms with Gasteiger partial charge in [-0.2, -0.15) is 11.8 Å². The molecule has 2 aromatic rings. The molecule has 2 rings (SSSR count). The Morgan fingerprint density at radius 1 is 1.04 bits per heavy atom. The van der Waals surface area contributed by atoms with Gasteiger partial charge in [-0.25, -0.2) is 0 Å². The zero-order chi connectivity index (χ0) is 18.9. The summed E-state index contributed by atoms with van der Waals surface area (Å²) in [6.07, 6.45) is 1.30. The van der Waals surface area contributed by atoms with Gasteiger partial charge in [0.25, 0.3) is 0 Å². The average Bonchev–Trinajstić information content (AvgIpc) is 2.63. The first-order valence-corrected chi connectivity index (χ1v) is 10.7. The summed E-state index contributed by atoms with van der Waals surface area (Å²) in [6.45, 7) is 5.04. The van der Waals surface area contributed by atoms with Crippen molar-refractivity contribution < 1.29 is 4.79 Å². The van der Waals surface area contributed by atoms with E-state index in [4.69, 9.17) is 23.2 Å². The summed E-state index contributed by atoms with van der Waals surface area (Å²) in [5.74, 6) is 2.37. The van der Waals surface area contributed by atoms with Crippen LogP contribution in [0.2, 0.25) is 10.0 Å². The summed E-state index contributed by atoms with van der Waals surface area (Å²) in [5, 5.41) is 4.14. The summed E-state index contributed by atoms with van der Waals surface area (Å²) in [4.78, 5) is 12.0. The molecular formula is C21H25Cl2NOS. The molecule has 0 heterocycles. The number of benzene rings is 2. The van der Waals surface area contributed by atoms with Crippen LogP contribution in [0.25, 0.3) is 0 Å². The lowest BCUT2D eigenvalue weighted by molar-refractivity contribution is -0.120. The van der Waals surface area contributed by atoms with E-state index in [1.807, 2.05) is 18.2 Å². The molecule has 0 aliphatic heterocycles. The Hall–Kier alpha value is -1.16. The minimum absolute atomic E-state index is 0.105. The van der Waals surface area contributed by atoms with E-state index in [0.29, 0.717) is 28.9 Å². The number of carbonyl (C=O) groups is 1. The Labute approximate surface area is 170 Å². The van der Waals surface area contributed by atoms with E-state index >= 15 is 0 Å². The minimum atomic E-state index is 0.105. The molecule has 0 aromatic heterocycles. The van der Waals surface area contributed by atoms with Crippen LogP contribution in [0.4, 0.5) is 0 Å². The number of aryl methyl sites for hydroxylation is 1. The van der Waals surface area contributed by atoms with Gasteiger partial charge < -0.3 is 5.32 Å². The summed E-state index contributed by atoms with van der Waals surface area (Å²) >= 11 is 13.7. The van der Waals surface area contributed by atoms with Crippen molar-refractivity contribution in [3.8, 4) is 0 Å². The van der Waals surface area contributed by atoms with Crippen LogP contribution >= 0.6 is 35.0 Å². The number of hydrogen-bond acceptors (Lipinski definition) is 2. The molecule has 1 N–H and O–H groups in total. The monoisotopic (exact) mass is 409 g/mol. The van der Waals surface area contributed by atoms with Crippen molar-refractivity contribution in [3.63, 3.8) is 0 Å². The average molecular weight is 410 g/mol. The van der Waals surface area contributed by atoms with E-state index in [-0.39, 0.29) is 5.91 Å². The van der Waals surface area contributed by atoms with Crippen LogP contribution in [0.1, 0.15) is 42.9 Å². The third-order valence-corrected chi connectivity index (χ3v) is 5.88. The second-order valence-corrected chi connectivity index (χ2v) is 8.47. The first-order valence-electron chi connectivity index (χ1n) is 8.83. The maximum Gasteiger partial charge on any atom is 0.220 e. The normalized spacial score (nSPS) is 11.0. The topological polar surface area (TPSA) is 29.1 Å². The fourth-order valence-electron chi connectivity index (χ4n) is 2.50. The van der Waals surface area contributed by atoms with Crippen LogP contribution in [0.3, 0.4) is 0 Å². The SMILES string of the molecule is CC(C)c1ccc(CCC(=O)NCCSCc2ccc(Cl)c(Cl)c2)cc1. The van der Waals surface area contributed by atoms with Gasteiger partial charge in [0.1, 0.15) is 0 Å². The molecule has 2 aromatic carbocycles. The molecule has 0 atom stereocenters. The second kappa shape index (κ2) is 10.9. The molecule has 140 valence electrons. The van der Waals surface area contributed by atoms with Crippen molar-refractivity contribution in [2.24, 2.45) is 0 Å². The van der Waals surface area contributed by atoms with Gasteiger partial charge in [0, 0.05) is 24.5 Å². The quantitative estimate of drug-likeness (QED) is 0.506. The Bertz CT molecular complexity index is 716. The third kappa shape index (κ3) is 7.22. The largest absolute Gasteiger partial charge is 0.355 e. The highest BCUT2D eigenvalue weighted by Gasteiger charge is 2.04. The zero-order valence-electron chi connectivity index (χ0n) is 15.2. The molecule has 0 aliphatic carbocycles. The molecule has 0 unspecified atom stereocenters. The lowest BCUT2D eigenvalue weighted by Gasteiger charge is -2.08. The Balaban J connectivity index is 1.60. The van der Waals surface area contributed by atoms with Crippen molar-refractivity contribution in [1.29, 1.82) is 0 Å². The summed E-state index contributed by atoms with van der Waals surface area (Å²) < 4.78 is 0. The van der Waals surface area contributed by atoms with Crippen LogP contribution in [-0.4, -0.2) is 18.2 Å². The number of halogens is 2. The smallest absolute Gasteiger partial charge is 0.220 e.